The predicted molar refractivity (Wildman–Crippen MR) is 132 cm³/mol. The second-order valence-electron chi connectivity index (χ2n) is 8.61. The van der Waals surface area contributed by atoms with Crippen LogP contribution in [0.2, 0.25) is 0 Å². The van der Waals surface area contributed by atoms with Crippen LogP contribution in [0.3, 0.4) is 0 Å². The smallest absolute Gasteiger partial charge is 0.493 e. The monoisotopic (exact) mass is 526 g/mol. The number of benzene rings is 2. The summed E-state index contributed by atoms with van der Waals surface area (Å²) in [5, 5.41) is 5.47. The highest BCUT2D eigenvalue weighted by molar-refractivity contribution is 6.09. The number of ketones is 1. The Balaban J connectivity index is 1.89. The van der Waals surface area contributed by atoms with E-state index in [4.69, 9.17) is 10.5 Å². The van der Waals surface area contributed by atoms with Crippen LogP contribution in [0.5, 0.6) is 11.5 Å². The van der Waals surface area contributed by atoms with Crippen molar-refractivity contribution in [2.45, 2.75) is 31.8 Å². The largest absolute Gasteiger partial charge is 0.573 e. The highest BCUT2D eigenvalue weighted by atomic mass is 19.4. The number of pyridine rings is 1. The molecule has 0 saturated carbocycles. The Hall–Kier alpha value is -4.25. The molecule has 3 aromatic rings. The summed E-state index contributed by atoms with van der Waals surface area (Å²) in [6.07, 6.45) is -1.70. The van der Waals surface area contributed by atoms with Crippen molar-refractivity contribution in [2.75, 3.05) is 7.11 Å². The summed E-state index contributed by atoms with van der Waals surface area (Å²) in [4.78, 5) is 31.2. The van der Waals surface area contributed by atoms with Gasteiger partial charge in [-0.3, -0.25) is 20.3 Å². The van der Waals surface area contributed by atoms with Gasteiger partial charge in [-0.1, -0.05) is 37.3 Å². The number of aromatic nitrogens is 1. The molecule has 1 aromatic heterocycles. The van der Waals surface area contributed by atoms with Gasteiger partial charge in [0.05, 0.1) is 12.8 Å². The van der Waals surface area contributed by atoms with Gasteiger partial charge in [-0.05, 0) is 36.8 Å². The summed E-state index contributed by atoms with van der Waals surface area (Å²) in [5.41, 5.74) is 5.81. The fourth-order valence-corrected chi connectivity index (χ4v) is 4.35. The fourth-order valence-electron chi connectivity index (χ4n) is 4.35. The van der Waals surface area contributed by atoms with Crippen LogP contribution < -0.4 is 15.2 Å². The van der Waals surface area contributed by atoms with Gasteiger partial charge in [0.1, 0.15) is 0 Å². The van der Waals surface area contributed by atoms with Crippen LogP contribution in [0.15, 0.2) is 78.2 Å². The predicted octanol–water partition coefficient (Wildman–Crippen LogP) is 4.65. The first-order chi connectivity index (χ1) is 18.1. The Labute approximate surface area is 216 Å². The summed E-state index contributed by atoms with van der Waals surface area (Å²) in [7, 11) is 1.22. The normalized spacial score (nSPS) is 17.4. The second-order valence-corrected chi connectivity index (χ2v) is 8.61. The third kappa shape index (κ3) is 5.23. The maximum Gasteiger partial charge on any atom is 0.573 e. The molecule has 11 heteroatoms. The summed E-state index contributed by atoms with van der Waals surface area (Å²) in [6, 6.07) is 15.2. The lowest BCUT2D eigenvalue weighted by molar-refractivity contribution is -0.275. The lowest BCUT2D eigenvalue weighted by Gasteiger charge is -2.40. The number of hydrogen-bond acceptors (Lipinski definition) is 7. The first-order valence-corrected chi connectivity index (χ1v) is 11.7. The zero-order chi connectivity index (χ0) is 27.5. The molecule has 1 aliphatic rings. The number of nitrogens with two attached hydrogens (primary N) is 1. The van der Waals surface area contributed by atoms with Crippen molar-refractivity contribution in [3.05, 3.63) is 89.7 Å². The van der Waals surface area contributed by atoms with Crippen molar-refractivity contribution >= 4 is 17.4 Å². The lowest BCUT2D eigenvalue weighted by Crippen LogP contribution is -2.60. The first-order valence-electron chi connectivity index (χ1n) is 11.7. The van der Waals surface area contributed by atoms with Crippen molar-refractivity contribution in [1.82, 2.24) is 9.99 Å². The lowest BCUT2D eigenvalue weighted by atomic mass is 9.86. The Bertz CT molecular complexity index is 1350. The number of rotatable bonds is 8. The standard InChI is InChI=1S/C27H25F3N4O4/c1-3-17-16-23(35)34(33-24(17)19-9-10-21(37-2)22(15-19)38-27(28,29)30)26(31,20-7-5-4-6-8-20)25(36)18-11-13-32-14-12-18/h4-15,17H,3,16,31H2,1-2H3. The average Bonchev–Trinajstić information content (AvgIpc) is 2.92. The van der Waals surface area contributed by atoms with Crippen LogP contribution >= 0.6 is 0 Å². The van der Waals surface area contributed by atoms with Gasteiger partial charge in [-0.25, -0.2) is 5.01 Å². The SMILES string of the molecule is CCC1CC(=O)N(C(N)(C(=O)c2ccncc2)c2ccccc2)N=C1c1ccc(OC)c(OC(F)(F)F)c1. The molecule has 198 valence electrons. The topological polar surface area (TPSA) is 107 Å². The molecule has 0 bridgehead atoms. The number of methoxy groups -OCH3 is 1. The zero-order valence-electron chi connectivity index (χ0n) is 20.6. The molecule has 1 aliphatic heterocycles. The zero-order valence-corrected chi connectivity index (χ0v) is 20.6. The second kappa shape index (κ2) is 10.6. The fraction of sp³-hybridized carbons (Fsp3) is 0.259. The van der Waals surface area contributed by atoms with E-state index in [-0.39, 0.29) is 29.0 Å². The maximum atomic E-state index is 13.8. The quantitative estimate of drug-likeness (QED) is 0.429. The number of hydrogen-bond donors (Lipinski definition) is 1. The Morgan fingerprint density at radius 2 is 1.76 bits per heavy atom. The molecule has 0 aliphatic carbocycles. The number of hydrazone groups is 1. The molecule has 0 saturated heterocycles. The minimum Gasteiger partial charge on any atom is -0.493 e. The molecule has 0 spiro atoms. The van der Waals surface area contributed by atoms with E-state index < -0.39 is 35.4 Å². The molecule has 2 N–H and O–H groups in total. The number of carbonyl (C=O) groups is 2. The minimum absolute atomic E-state index is 0.0633. The van der Waals surface area contributed by atoms with Crippen LogP contribution in [0.1, 0.15) is 41.3 Å². The van der Waals surface area contributed by atoms with Gasteiger partial charge in [-0.2, -0.15) is 5.10 Å². The average molecular weight is 527 g/mol. The number of carbonyl (C=O) groups excluding carboxylic acids is 2. The van der Waals surface area contributed by atoms with Crippen molar-refractivity contribution in [1.29, 1.82) is 0 Å². The molecular formula is C27H25F3N4O4. The first kappa shape index (κ1) is 26.8. The Kier molecular flexibility index (Phi) is 7.49. The third-order valence-electron chi connectivity index (χ3n) is 6.27. The van der Waals surface area contributed by atoms with Gasteiger partial charge in [0.25, 0.3) is 0 Å². The summed E-state index contributed by atoms with van der Waals surface area (Å²) >= 11 is 0. The number of ether oxygens (including phenoxy) is 2. The van der Waals surface area contributed by atoms with Gasteiger partial charge < -0.3 is 9.47 Å². The molecule has 2 unspecified atom stereocenters. The number of nitrogens with zero attached hydrogens (tertiary/aromatic N) is 3. The van der Waals surface area contributed by atoms with Gasteiger partial charge in [-0.15, -0.1) is 13.2 Å². The molecule has 2 aromatic carbocycles. The van der Waals surface area contributed by atoms with E-state index in [0.29, 0.717) is 12.0 Å². The van der Waals surface area contributed by atoms with Gasteiger partial charge in [0.15, 0.2) is 11.5 Å². The van der Waals surface area contributed by atoms with E-state index in [0.717, 1.165) is 11.1 Å². The molecule has 1 amide bonds. The van der Waals surface area contributed by atoms with Crippen LogP contribution in [0, 0.1) is 5.92 Å². The van der Waals surface area contributed by atoms with Crippen LogP contribution in [-0.4, -0.2) is 40.9 Å². The number of halogens is 3. The molecule has 0 fully saturated rings. The van der Waals surface area contributed by atoms with E-state index in [2.05, 4.69) is 14.8 Å². The molecule has 0 radical (unpaired) electrons. The molecule has 8 nitrogen and oxygen atoms in total. The van der Waals surface area contributed by atoms with E-state index >= 15 is 0 Å². The van der Waals surface area contributed by atoms with E-state index in [9.17, 15) is 22.8 Å². The van der Waals surface area contributed by atoms with Crippen LogP contribution in [0.25, 0.3) is 0 Å². The molecule has 2 atom stereocenters. The summed E-state index contributed by atoms with van der Waals surface area (Å²) < 4.78 is 48.4. The number of Topliss-reactive ketones (excluding diaryl/α,β-unsaturated/α-hetero) is 1. The van der Waals surface area contributed by atoms with E-state index in [1.165, 1.54) is 43.8 Å². The van der Waals surface area contributed by atoms with Crippen molar-refractivity contribution in [3.8, 4) is 11.5 Å². The third-order valence-corrected chi connectivity index (χ3v) is 6.27. The minimum atomic E-state index is -4.96. The summed E-state index contributed by atoms with van der Waals surface area (Å²) in [5.74, 6) is -2.24. The van der Waals surface area contributed by atoms with Crippen molar-refractivity contribution in [2.24, 2.45) is 16.8 Å². The van der Waals surface area contributed by atoms with Gasteiger partial charge in [0.2, 0.25) is 17.4 Å². The maximum absolute atomic E-state index is 13.8. The van der Waals surface area contributed by atoms with Gasteiger partial charge in [0, 0.05) is 41.4 Å². The van der Waals surface area contributed by atoms with Crippen molar-refractivity contribution < 1.29 is 32.2 Å². The Morgan fingerprint density at radius 1 is 1.08 bits per heavy atom. The number of alkyl halides is 3. The van der Waals surface area contributed by atoms with Crippen LogP contribution in [-0.2, 0) is 10.5 Å². The van der Waals surface area contributed by atoms with E-state index in [1.54, 1.807) is 30.3 Å². The Morgan fingerprint density at radius 3 is 2.37 bits per heavy atom. The van der Waals surface area contributed by atoms with Crippen molar-refractivity contribution in [3.63, 3.8) is 0 Å². The molecule has 2 heterocycles. The van der Waals surface area contributed by atoms with E-state index in [1.807, 2.05) is 6.92 Å². The molecule has 38 heavy (non-hydrogen) atoms. The highest BCUT2D eigenvalue weighted by Crippen LogP contribution is 2.37. The highest BCUT2D eigenvalue weighted by Gasteiger charge is 2.48. The molecule has 4 rings (SSSR count). The van der Waals surface area contributed by atoms with Gasteiger partial charge >= 0.3 is 6.36 Å². The summed E-state index contributed by atoms with van der Waals surface area (Å²) in [6.45, 7) is 1.83. The molecular weight excluding hydrogens is 501 g/mol. The number of amides is 1. The van der Waals surface area contributed by atoms with Crippen LogP contribution in [0.4, 0.5) is 13.2 Å².